The van der Waals surface area contributed by atoms with Gasteiger partial charge in [-0.15, -0.1) is 0 Å². The Morgan fingerprint density at radius 2 is 2.19 bits per heavy atom. The van der Waals surface area contributed by atoms with Gasteiger partial charge in [-0.2, -0.15) is 9.57 Å². The molecule has 1 fully saturated rings. The number of nitrogens with two attached hydrogens (primary N) is 1. The average molecular weight is 307 g/mol. The summed E-state index contributed by atoms with van der Waals surface area (Å²) in [7, 11) is -3.51. The van der Waals surface area contributed by atoms with Gasteiger partial charge in [0.25, 0.3) is 0 Å². The van der Waals surface area contributed by atoms with Crippen molar-refractivity contribution in [2.24, 2.45) is 11.7 Å². The zero-order chi connectivity index (χ0) is 15.6. The van der Waals surface area contributed by atoms with Crippen molar-refractivity contribution >= 4 is 10.0 Å². The Labute approximate surface area is 126 Å². The molecule has 0 radical (unpaired) electrons. The molecule has 0 bridgehead atoms. The van der Waals surface area contributed by atoms with Crippen LogP contribution in [0, 0.1) is 24.2 Å². The van der Waals surface area contributed by atoms with E-state index in [1.165, 1.54) is 10.4 Å². The van der Waals surface area contributed by atoms with Gasteiger partial charge in [0.1, 0.15) is 0 Å². The quantitative estimate of drug-likeness (QED) is 0.919. The molecule has 1 saturated heterocycles. The first kappa shape index (κ1) is 16.0. The Morgan fingerprint density at radius 1 is 1.48 bits per heavy atom. The van der Waals surface area contributed by atoms with Crippen LogP contribution >= 0.6 is 0 Å². The summed E-state index contributed by atoms with van der Waals surface area (Å²) in [5, 5.41) is 8.93. The standard InChI is InChI=1S/C15H21N3O2S/c1-3-12-10-18(7-6-15(12)17)21(19,20)14-5-4-13(9-16)11(2)8-14/h4-5,8,12,15H,3,6-7,10,17H2,1-2H3. The number of sulfonamides is 1. The number of hydrogen-bond donors (Lipinski definition) is 1. The molecule has 0 saturated carbocycles. The third kappa shape index (κ3) is 3.10. The lowest BCUT2D eigenvalue weighted by Crippen LogP contribution is -2.48. The zero-order valence-corrected chi connectivity index (χ0v) is 13.2. The van der Waals surface area contributed by atoms with Crippen LogP contribution in [0.4, 0.5) is 0 Å². The van der Waals surface area contributed by atoms with Gasteiger partial charge in [-0.1, -0.05) is 13.3 Å². The number of nitriles is 1. The molecule has 2 rings (SSSR count). The summed E-state index contributed by atoms with van der Waals surface area (Å²) in [6.45, 7) is 4.71. The molecule has 2 N–H and O–H groups in total. The van der Waals surface area contributed by atoms with Crippen molar-refractivity contribution in [1.29, 1.82) is 5.26 Å². The lowest BCUT2D eigenvalue weighted by Gasteiger charge is -2.35. The van der Waals surface area contributed by atoms with Gasteiger partial charge in [0.15, 0.2) is 0 Å². The van der Waals surface area contributed by atoms with Crippen LogP contribution < -0.4 is 5.73 Å². The highest BCUT2D eigenvalue weighted by Gasteiger charge is 2.33. The van der Waals surface area contributed by atoms with Crippen LogP contribution in [0.2, 0.25) is 0 Å². The Hall–Kier alpha value is -1.42. The summed E-state index contributed by atoms with van der Waals surface area (Å²) in [6.07, 6.45) is 1.56. The number of rotatable bonds is 3. The van der Waals surface area contributed by atoms with Crippen molar-refractivity contribution in [1.82, 2.24) is 4.31 Å². The number of piperidine rings is 1. The Kier molecular flexibility index (Phi) is 4.67. The third-order valence-electron chi connectivity index (χ3n) is 4.24. The molecule has 0 amide bonds. The lowest BCUT2D eigenvalue weighted by molar-refractivity contribution is 0.230. The summed E-state index contributed by atoms with van der Waals surface area (Å²) < 4.78 is 26.9. The minimum Gasteiger partial charge on any atom is -0.327 e. The van der Waals surface area contributed by atoms with E-state index < -0.39 is 10.0 Å². The molecule has 114 valence electrons. The Morgan fingerprint density at radius 3 is 2.76 bits per heavy atom. The fourth-order valence-corrected chi connectivity index (χ4v) is 4.34. The number of hydrogen-bond acceptors (Lipinski definition) is 4. The van der Waals surface area contributed by atoms with Gasteiger partial charge >= 0.3 is 0 Å². The topological polar surface area (TPSA) is 87.2 Å². The molecule has 0 aromatic heterocycles. The second kappa shape index (κ2) is 6.14. The number of nitrogens with zero attached hydrogens (tertiary/aromatic N) is 2. The summed E-state index contributed by atoms with van der Waals surface area (Å²) in [4.78, 5) is 0.254. The first-order valence-corrected chi connectivity index (χ1v) is 8.60. The second-order valence-corrected chi connectivity index (χ2v) is 7.51. The lowest BCUT2D eigenvalue weighted by atomic mass is 9.92. The highest BCUT2D eigenvalue weighted by molar-refractivity contribution is 7.89. The summed E-state index contributed by atoms with van der Waals surface area (Å²) >= 11 is 0. The molecular formula is C15H21N3O2S. The SMILES string of the molecule is CCC1CN(S(=O)(=O)c2ccc(C#N)c(C)c2)CCC1N. The van der Waals surface area contributed by atoms with Crippen LogP contribution in [0.15, 0.2) is 23.1 Å². The molecule has 1 aromatic rings. The number of aryl methyl sites for hydroxylation is 1. The minimum absolute atomic E-state index is 0.0733. The summed E-state index contributed by atoms with van der Waals surface area (Å²) in [5.74, 6) is 0.202. The number of benzene rings is 1. The molecule has 21 heavy (non-hydrogen) atoms. The first-order valence-electron chi connectivity index (χ1n) is 7.16. The molecule has 0 aliphatic carbocycles. The van der Waals surface area contributed by atoms with Gasteiger partial charge in [-0.05, 0) is 43.0 Å². The van der Waals surface area contributed by atoms with Gasteiger partial charge in [-0.3, -0.25) is 0 Å². The molecule has 1 aliphatic rings. The van der Waals surface area contributed by atoms with E-state index in [0.29, 0.717) is 30.6 Å². The molecule has 1 heterocycles. The molecule has 6 heteroatoms. The van der Waals surface area contributed by atoms with E-state index in [9.17, 15) is 8.42 Å². The molecule has 2 unspecified atom stereocenters. The molecule has 0 spiro atoms. The smallest absolute Gasteiger partial charge is 0.243 e. The van der Waals surface area contributed by atoms with Crippen molar-refractivity contribution in [3.63, 3.8) is 0 Å². The predicted molar refractivity (Wildman–Crippen MR) is 81.0 cm³/mol. The highest BCUT2D eigenvalue weighted by Crippen LogP contribution is 2.25. The van der Waals surface area contributed by atoms with Crippen LogP contribution in [-0.4, -0.2) is 31.9 Å². The first-order chi connectivity index (χ1) is 9.90. The Bertz CT molecular complexity index is 664. The van der Waals surface area contributed by atoms with Crippen LogP contribution in [0.1, 0.15) is 30.9 Å². The van der Waals surface area contributed by atoms with Crippen molar-refractivity contribution in [3.8, 4) is 6.07 Å². The van der Waals surface area contributed by atoms with E-state index in [4.69, 9.17) is 11.0 Å². The monoisotopic (exact) mass is 307 g/mol. The van der Waals surface area contributed by atoms with Gasteiger partial charge in [0.2, 0.25) is 10.0 Å². The van der Waals surface area contributed by atoms with Crippen molar-refractivity contribution in [2.75, 3.05) is 13.1 Å². The van der Waals surface area contributed by atoms with Gasteiger partial charge in [-0.25, -0.2) is 8.42 Å². The van der Waals surface area contributed by atoms with E-state index in [1.54, 1.807) is 19.1 Å². The molecule has 1 aliphatic heterocycles. The van der Waals surface area contributed by atoms with Crippen LogP contribution in [0.5, 0.6) is 0 Å². The Balaban J connectivity index is 2.30. The maximum Gasteiger partial charge on any atom is 0.243 e. The average Bonchev–Trinajstić information content (AvgIpc) is 2.47. The van der Waals surface area contributed by atoms with Gasteiger partial charge < -0.3 is 5.73 Å². The van der Waals surface area contributed by atoms with Crippen molar-refractivity contribution < 1.29 is 8.42 Å². The van der Waals surface area contributed by atoms with E-state index in [-0.39, 0.29) is 16.9 Å². The van der Waals surface area contributed by atoms with Crippen LogP contribution in [0.25, 0.3) is 0 Å². The van der Waals surface area contributed by atoms with Gasteiger partial charge in [0.05, 0.1) is 16.5 Å². The molecule has 1 aromatic carbocycles. The van der Waals surface area contributed by atoms with Crippen LogP contribution in [0.3, 0.4) is 0 Å². The molecule has 2 atom stereocenters. The van der Waals surface area contributed by atoms with E-state index in [1.807, 2.05) is 6.92 Å². The molecular weight excluding hydrogens is 286 g/mol. The van der Waals surface area contributed by atoms with E-state index in [0.717, 1.165) is 6.42 Å². The zero-order valence-electron chi connectivity index (χ0n) is 12.4. The van der Waals surface area contributed by atoms with Crippen molar-refractivity contribution in [2.45, 2.75) is 37.6 Å². The largest absolute Gasteiger partial charge is 0.327 e. The fraction of sp³-hybridized carbons (Fsp3) is 0.533. The molecule has 5 nitrogen and oxygen atoms in total. The predicted octanol–water partition coefficient (Wildman–Crippen LogP) is 1.61. The van der Waals surface area contributed by atoms with Gasteiger partial charge in [0, 0.05) is 19.1 Å². The normalized spacial score (nSPS) is 23.7. The summed E-state index contributed by atoms with van der Waals surface area (Å²) in [5.41, 5.74) is 7.22. The second-order valence-electron chi connectivity index (χ2n) is 5.57. The maximum atomic E-state index is 12.7. The minimum atomic E-state index is -3.51. The fourth-order valence-electron chi connectivity index (χ4n) is 2.74. The van der Waals surface area contributed by atoms with Crippen molar-refractivity contribution in [3.05, 3.63) is 29.3 Å². The third-order valence-corrected chi connectivity index (χ3v) is 6.10. The van der Waals surface area contributed by atoms with E-state index >= 15 is 0 Å². The summed E-state index contributed by atoms with van der Waals surface area (Å²) in [6, 6.07) is 6.77. The highest BCUT2D eigenvalue weighted by atomic mass is 32.2. The van der Waals surface area contributed by atoms with Crippen LogP contribution in [-0.2, 0) is 10.0 Å². The maximum absolute atomic E-state index is 12.7. The van der Waals surface area contributed by atoms with E-state index in [2.05, 4.69) is 6.07 Å².